The maximum atomic E-state index is 12.1. The summed E-state index contributed by atoms with van der Waals surface area (Å²) in [5, 5.41) is 3.06. The molecule has 0 unspecified atom stereocenters. The Morgan fingerprint density at radius 2 is 2.05 bits per heavy atom. The van der Waals surface area contributed by atoms with Crippen molar-refractivity contribution in [2.75, 3.05) is 18.8 Å². The Morgan fingerprint density at radius 1 is 1.33 bits per heavy atom. The molecule has 0 spiro atoms. The molecule has 0 bridgehead atoms. The molecule has 3 N–H and O–H groups in total. The van der Waals surface area contributed by atoms with Gasteiger partial charge < -0.3 is 11.1 Å². The molecule has 3 nitrogen and oxygen atoms in total. The van der Waals surface area contributed by atoms with E-state index in [-0.39, 0.29) is 24.2 Å². The normalized spacial score (nSPS) is 20.9. The largest absolute Gasteiger partial charge is 0.355 e. The number of benzene rings is 1. The summed E-state index contributed by atoms with van der Waals surface area (Å²) in [5.41, 5.74) is 7.00. The third kappa shape index (κ3) is 5.53. The average Bonchev–Trinajstić information content (AvgIpc) is 2.94. The molecule has 1 aromatic carbocycles. The Hall–Kier alpha value is -0.710. The van der Waals surface area contributed by atoms with Crippen LogP contribution in [-0.4, -0.2) is 24.7 Å². The van der Waals surface area contributed by atoms with Crippen LogP contribution in [0.1, 0.15) is 24.8 Å². The van der Waals surface area contributed by atoms with Gasteiger partial charge in [0.2, 0.25) is 5.91 Å². The summed E-state index contributed by atoms with van der Waals surface area (Å²) in [6.07, 6.45) is 3.24. The molecule has 21 heavy (non-hydrogen) atoms. The number of carbonyl (C=O) groups excluding carboxylic acids is 1. The number of hydrogen-bond donors (Lipinski definition) is 2. The van der Waals surface area contributed by atoms with E-state index in [1.807, 2.05) is 0 Å². The lowest BCUT2D eigenvalue weighted by Gasteiger charge is -2.17. The molecule has 5 heteroatoms. The smallest absolute Gasteiger partial charge is 0.223 e. The number of carbonyl (C=O) groups is 1. The average molecular weight is 329 g/mol. The van der Waals surface area contributed by atoms with Crippen LogP contribution in [0.3, 0.4) is 0 Å². The van der Waals surface area contributed by atoms with E-state index in [1.165, 1.54) is 10.5 Å². The molecule has 1 amide bonds. The van der Waals surface area contributed by atoms with E-state index in [0.29, 0.717) is 12.5 Å². The molecular weight excluding hydrogens is 304 g/mol. The second-order valence-corrected chi connectivity index (χ2v) is 6.65. The molecule has 1 aliphatic rings. The predicted octanol–water partition coefficient (Wildman–Crippen LogP) is 3.00. The van der Waals surface area contributed by atoms with E-state index in [9.17, 15) is 4.79 Å². The lowest BCUT2D eigenvalue weighted by atomic mass is 9.95. The third-order valence-corrected chi connectivity index (χ3v) is 5.00. The first-order chi connectivity index (χ1) is 9.70. The first-order valence-corrected chi connectivity index (χ1v) is 8.36. The molecule has 0 heterocycles. The van der Waals surface area contributed by atoms with Gasteiger partial charge in [-0.05, 0) is 44.4 Å². The first-order valence-electron chi connectivity index (χ1n) is 7.38. The predicted molar refractivity (Wildman–Crippen MR) is 92.0 cm³/mol. The second-order valence-electron chi connectivity index (χ2n) is 5.49. The van der Waals surface area contributed by atoms with Crippen molar-refractivity contribution < 1.29 is 4.79 Å². The number of nitrogens with two attached hydrogens (primary N) is 1. The number of halogens is 1. The molecule has 0 saturated heterocycles. The zero-order valence-corrected chi connectivity index (χ0v) is 14.1. The fourth-order valence-electron chi connectivity index (χ4n) is 2.77. The third-order valence-electron chi connectivity index (χ3n) is 3.99. The van der Waals surface area contributed by atoms with Gasteiger partial charge in [0.15, 0.2) is 0 Å². The number of hydrogen-bond acceptors (Lipinski definition) is 3. The minimum Gasteiger partial charge on any atom is -0.355 e. The van der Waals surface area contributed by atoms with Crippen molar-refractivity contribution in [2.24, 2.45) is 17.6 Å². The fourth-order valence-corrected chi connectivity index (χ4v) is 3.54. The summed E-state index contributed by atoms with van der Waals surface area (Å²) in [6.45, 7) is 3.45. The van der Waals surface area contributed by atoms with Crippen molar-refractivity contribution in [3.8, 4) is 0 Å². The molecule has 0 aromatic heterocycles. The van der Waals surface area contributed by atoms with Gasteiger partial charge in [-0.25, -0.2) is 0 Å². The van der Waals surface area contributed by atoms with Crippen molar-refractivity contribution in [1.82, 2.24) is 5.32 Å². The molecule has 1 saturated carbocycles. The van der Waals surface area contributed by atoms with Crippen molar-refractivity contribution in [1.29, 1.82) is 0 Å². The van der Waals surface area contributed by atoms with E-state index in [2.05, 4.69) is 36.5 Å². The van der Waals surface area contributed by atoms with Crippen LogP contribution in [-0.2, 0) is 4.79 Å². The molecule has 1 aromatic rings. The summed E-state index contributed by atoms with van der Waals surface area (Å²) in [5.74, 6) is 1.64. The molecule has 1 aliphatic carbocycles. The van der Waals surface area contributed by atoms with Crippen molar-refractivity contribution in [2.45, 2.75) is 31.1 Å². The van der Waals surface area contributed by atoms with Crippen LogP contribution in [0.25, 0.3) is 0 Å². The van der Waals surface area contributed by atoms with Crippen LogP contribution in [0, 0.1) is 18.8 Å². The minimum absolute atomic E-state index is 0. The molecular formula is C16H25ClN2OS. The highest BCUT2D eigenvalue weighted by atomic mass is 35.5. The highest BCUT2D eigenvalue weighted by Gasteiger charge is 2.31. The summed E-state index contributed by atoms with van der Waals surface area (Å²) in [7, 11) is 0. The number of rotatable bonds is 6. The van der Waals surface area contributed by atoms with Gasteiger partial charge in [0, 0.05) is 23.1 Å². The topological polar surface area (TPSA) is 55.1 Å². The molecule has 118 valence electrons. The highest BCUT2D eigenvalue weighted by Crippen LogP contribution is 2.30. The molecule has 1 fully saturated rings. The molecule has 0 aliphatic heterocycles. The Balaban J connectivity index is 0.00000220. The lowest BCUT2D eigenvalue weighted by Crippen LogP contribution is -2.36. The number of nitrogens with one attached hydrogen (secondary N) is 1. The van der Waals surface area contributed by atoms with Crippen molar-refractivity contribution in [3.63, 3.8) is 0 Å². The monoisotopic (exact) mass is 328 g/mol. The van der Waals surface area contributed by atoms with Crippen LogP contribution < -0.4 is 11.1 Å². The van der Waals surface area contributed by atoms with Crippen LogP contribution in [0.2, 0.25) is 0 Å². The zero-order chi connectivity index (χ0) is 14.4. The minimum atomic E-state index is 0. The zero-order valence-electron chi connectivity index (χ0n) is 12.5. The molecule has 2 rings (SSSR count). The summed E-state index contributed by atoms with van der Waals surface area (Å²) >= 11 is 1.78. The van der Waals surface area contributed by atoms with E-state index in [0.717, 1.165) is 31.6 Å². The van der Waals surface area contributed by atoms with Crippen molar-refractivity contribution >= 4 is 30.1 Å². The van der Waals surface area contributed by atoms with E-state index in [1.54, 1.807) is 11.8 Å². The molecule has 0 radical (unpaired) electrons. The van der Waals surface area contributed by atoms with Gasteiger partial charge in [0.25, 0.3) is 0 Å². The standard InChI is InChI=1S/C16H24N2OS.ClH/c1-12-5-7-14(8-6-12)20-10-9-18-16(19)15-4-2-3-13(15)11-17;/h5-8,13,15H,2-4,9-11,17H2,1H3,(H,18,19);1H/t13-,15-;/m1./s1. The summed E-state index contributed by atoms with van der Waals surface area (Å²) in [4.78, 5) is 13.3. The van der Waals surface area contributed by atoms with E-state index >= 15 is 0 Å². The van der Waals surface area contributed by atoms with Gasteiger partial charge in [-0.15, -0.1) is 24.2 Å². The van der Waals surface area contributed by atoms with Crippen LogP contribution >= 0.6 is 24.2 Å². The van der Waals surface area contributed by atoms with E-state index < -0.39 is 0 Å². The Labute approximate surface area is 137 Å². The second kappa shape index (κ2) is 9.34. The van der Waals surface area contributed by atoms with Crippen molar-refractivity contribution in [3.05, 3.63) is 29.8 Å². The first kappa shape index (κ1) is 18.3. The van der Waals surface area contributed by atoms with Crippen LogP contribution in [0.5, 0.6) is 0 Å². The molecule has 2 atom stereocenters. The number of aryl methyl sites for hydroxylation is 1. The van der Waals surface area contributed by atoms with Gasteiger partial charge in [0.05, 0.1) is 0 Å². The van der Waals surface area contributed by atoms with Gasteiger partial charge in [-0.2, -0.15) is 0 Å². The van der Waals surface area contributed by atoms with Gasteiger partial charge in [-0.3, -0.25) is 4.79 Å². The Kier molecular flexibility index (Phi) is 8.15. The summed E-state index contributed by atoms with van der Waals surface area (Å²) < 4.78 is 0. The maximum absolute atomic E-state index is 12.1. The van der Waals surface area contributed by atoms with Gasteiger partial charge in [-0.1, -0.05) is 24.1 Å². The number of thioether (sulfide) groups is 1. The maximum Gasteiger partial charge on any atom is 0.223 e. The number of amides is 1. The Morgan fingerprint density at radius 3 is 2.71 bits per heavy atom. The lowest BCUT2D eigenvalue weighted by molar-refractivity contribution is -0.125. The highest BCUT2D eigenvalue weighted by molar-refractivity contribution is 7.99. The van der Waals surface area contributed by atoms with E-state index in [4.69, 9.17) is 5.73 Å². The van der Waals surface area contributed by atoms with Crippen LogP contribution in [0.4, 0.5) is 0 Å². The summed E-state index contributed by atoms with van der Waals surface area (Å²) in [6, 6.07) is 8.49. The van der Waals surface area contributed by atoms with Gasteiger partial charge in [0.1, 0.15) is 0 Å². The quantitative estimate of drug-likeness (QED) is 0.623. The SMILES string of the molecule is Cc1ccc(SCCNC(=O)[C@@H]2CCC[C@@H]2CN)cc1.Cl. The van der Waals surface area contributed by atoms with Gasteiger partial charge >= 0.3 is 0 Å². The fraction of sp³-hybridized carbons (Fsp3) is 0.562. The van der Waals surface area contributed by atoms with Crippen LogP contribution in [0.15, 0.2) is 29.2 Å². The Bertz CT molecular complexity index is 438.